The number of hydrogen-bond acceptors (Lipinski definition) is 3. The number of anilines is 1. The molecule has 7 heteroatoms. The van der Waals surface area contributed by atoms with Gasteiger partial charge < -0.3 is 15.1 Å². The van der Waals surface area contributed by atoms with Crippen LogP contribution in [0.5, 0.6) is 0 Å². The van der Waals surface area contributed by atoms with Gasteiger partial charge in [-0.1, -0.05) is 23.7 Å². The third kappa shape index (κ3) is 4.00. The Hall–Kier alpha value is -3.38. The third-order valence-corrected chi connectivity index (χ3v) is 5.29. The van der Waals surface area contributed by atoms with Crippen LogP contribution in [0.1, 0.15) is 22.7 Å². The molecule has 2 N–H and O–H groups in total. The Morgan fingerprint density at radius 3 is 2.77 bits per heavy atom. The maximum Gasteiger partial charge on any atom is 0.244 e. The molecular formula is C23H18ClFN2O3. The number of nitrogens with one attached hydrogen (secondary N) is 2. The first-order valence-corrected chi connectivity index (χ1v) is 9.67. The molecule has 0 saturated carbocycles. The van der Waals surface area contributed by atoms with Crippen molar-refractivity contribution in [1.82, 2.24) is 5.32 Å². The van der Waals surface area contributed by atoms with Crippen LogP contribution in [0.3, 0.4) is 0 Å². The highest BCUT2D eigenvalue weighted by atomic mass is 35.5. The van der Waals surface area contributed by atoms with Gasteiger partial charge in [0, 0.05) is 22.3 Å². The molecule has 2 atom stereocenters. The summed E-state index contributed by atoms with van der Waals surface area (Å²) >= 11 is 6.03. The Labute approximate surface area is 177 Å². The zero-order chi connectivity index (χ0) is 21.3. The zero-order valence-electron chi connectivity index (χ0n) is 16.0. The molecule has 2 heterocycles. The lowest BCUT2D eigenvalue weighted by atomic mass is 9.79. The van der Waals surface area contributed by atoms with Crippen LogP contribution in [0.25, 0.3) is 5.57 Å². The summed E-state index contributed by atoms with van der Waals surface area (Å²) in [5.74, 6) is -2.00. The highest BCUT2D eigenvalue weighted by Crippen LogP contribution is 2.39. The number of rotatable bonds is 4. The molecule has 1 aliphatic heterocycles. The lowest BCUT2D eigenvalue weighted by molar-refractivity contribution is -0.121. The van der Waals surface area contributed by atoms with Crippen LogP contribution in [0.2, 0.25) is 5.02 Å². The number of hydrogen-bond donors (Lipinski definition) is 2. The smallest absolute Gasteiger partial charge is 0.244 e. The Morgan fingerprint density at radius 1 is 1.20 bits per heavy atom. The molecular weight excluding hydrogens is 407 g/mol. The topological polar surface area (TPSA) is 71.3 Å². The Balaban J connectivity index is 1.80. The number of benzene rings is 2. The molecule has 4 rings (SSSR count). The average molecular weight is 425 g/mol. The largest absolute Gasteiger partial charge is 0.472 e. The minimum atomic E-state index is -0.820. The van der Waals surface area contributed by atoms with E-state index in [0.29, 0.717) is 27.4 Å². The van der Waals surface area contributed by atoms with Gasteiger partial charge in [-0.05, 0) is 60.0 Å². The Bertz CT molecular complexity index is 1140. The second kappa shape index (κ2) is 8.16. The van der Waals surface area contributed by atoms with E-state index < -0.39 is 17.8 Å². The molecule has 0 fully saturated rings. The van der Waals surface area contributed by atoms with Gasteiger partial charge in [-0.15, -0.1) is 0 Å². The highest BCUT2D eigenvalue weighted by Gasteiger charge is 2.39. The summed E-state index contributed by atoms with van der Waals surface area (Å²) in [7, 11) is 0. The second-order valence-electron chi connectivity index (χ2n) is 7.08. The van der Waals surface area contributed by atoms with Crippen molar-refractivity contribution in [2.45, 2.75) is 13.0 Å². The summed E-state index contributed by atoms with van der Waals surface area (Å²) in [5.41, 5.74) is 2.90. The molecule has 0 radical (unpaired) electrons. The fourth-order valence-electron chi connectivity index (χ4n) is 3.66. The monoisotopic (exact) mass is 424 g/mol. The number of carbonyl (C=O) groups is 2. The van der Waals surface area contributed by atoms with Gasteiger partial charge in [-0.2, -0.15) is 0 Å². The zero-order valence-corrected chi connectivity index (χ0v) is 16.7. The van der Waals surface area contributed by atoms with Gasteiger partial charge in [-0.3, -0.25) is 9.59 Å². The SMILES string of the molecule is Cc1ccc(F)cc1[C@H]1NC(=O)C=C(c2ccoc2)C1C(=O)Nc1cccc(Cl)c1. The summed E-state index contributed by atoms with van der Waals surface area (Å²) < 4.78 is 19.2. The van der Waals surface area contributed by atoms with Crippen molar-refractivity contribution in [1.29, 1.82) is 0 Å². The molecule has 0 spiro atoms. The van der Waals surface area contributed by atoms with Crippen LogP contribution in [-0.4, -0.2) is 11.8 Å². The normalized spacial score (nSPS) is 18.5. The van der Waals surface area contributed by atoms with E-state index in [4.69, 9.17) is 16.0 Å². The van der Waals surface area contributed by atoms with Crippen molar-refractivity contribution in [3.63, 3.8) is 0 Å². The van der Waals surface area contributed by atoms with Gasteiger partial charge >= 0.3 is 0 Å². The van der Waals surface area contributed by atoms with Crippen LogP contribution >= 0.6 is 11.6 Å². The number of aryl methyl sites for hydroxylation is 1. The number of halogens is 2. The molecule has 2 amide bonds. The van der Waals surface area contributed by atoms with E-state index in [-0.39, 0.29) is 11.8 Å². The van der Waals surface area contributed by atoms with Crippen molar-refractivity contribution in [3.05, 3.63) is 94.7 Å². The lowest BCUT2D eigenvalue weighted by Crippen LogP contribution is -2.43. The van der Waals surface area contributed by atoms with Gasteiger partial charge in [0.1, 0.15) is 5.82 Å². The van der Waals surface area contributed by atoms with Crippen molar-refractivity contribution < 1.29 is 18.4 Å². The van der Waals surface area contributed by atoms with Crippen LogP contribution in [0.4, 0.5) is 10.1 Å². The second-order valence-corrected chi connectivity index (χ2v) is 7.51. The third-order valence-electron chi connectivity index (χ3n) is 5.06. The predicted molar refractivity (Wildman–Crippen MR) is 112 cm³/mol. The number of amides is 2. The summed E-state index contributed by atoms with van der Waals surface area (Å²) in [4.78, 5) is 25.9. The first-order chi connectivity index (χ1) is 14.4. The van der Waals surface area contributed by atoms with Crippen LogP contribution in [0.15, 0.2) is 71.6 Å². The van der Waals surface area contributed by atoms with Crippen LogP contribution in [0, 0.1) is 18.7 Å². The summed E-state index contributed by atoms with van der Waals surface area (Å²) in [6, 6.07) is 12.0. The molecule has 0 aliphatic carbocycles. The van der Waals surface area contributed by atoms with Gasteiger partial charge in [0.05, 0.1) is 24.5 Å². The standard InChI is InChI=1S/C23H18ClFN2O3/c1-13-5-6-16(25)10-18(13)22-21(23(29)26-17-4-2-3-15(24)9-17)19(11-20(28)27-22)14-7-8-30-12-14/h2-12,21-22H,1H3,(H,26,29)(H,27,28)/t21?,22-/m1/s1. The molecule has 30 heavy (non-hydrogen) atoms. The van der Waals surface area contributed by atoms with E-state index in [1.165, 1.54) is 30.7 Å². The number of furan rings is 1. The fourth-order valence-corrected chi connectivity index (χ4v) is 3.85. The maximum atomic E-state index is 14.0. The van der Waals surface area contributed by atoms with E-state index in [2.05, 4.69) is 10.6 Å². The van der Waals surface area contributed by atoms with E-state index in [9.17, 15) is 14.0 Å². The van der Waals surface area contributed by atoms with E-state index >= 15 is 0 Å². The molecule has 1 aromatic heterocycles. The molecule has 1 aliphatic rings. The molecule has 3 aromatic rings. The summed E-state index contributed by atoms with van der Waals surface area (Å²) in [6.07, 6.45) is 4.31. The van der Waals surface area contributed by atoms with Crippen LogP contribution in [-0.2, 0) is 9.59 Å². The minimum absolute atomic E-state index is 0.363. The van der Waals surface area contributed by atoms with Crippen LogP contribution < -0.4 is 10.6 Å². The Morgan fingerprint density at radius 2 is 2.03 bits per heavy atom. The van der Waals surface area contributed by atoms with E-state index in [0.717, 1.165) is 5.56 Å². The first-order valence-electron chi connectivity index (χ1n) is 9.29. The van der Waals surface area contributed by atoms with Crippen molar-refractivity contribution in [2.24, 2.45) is 5.92 Å². The van der Waals surface area contributed by atoms with Gasteiger partial charge in [0.2, 0.25) is 11.8 Å². The van der Waals surface area contributed by atoms with Gasteiger partial charge in [0.25, 0.3) is 0 Å². The van der Waals surface area contributed by atoms with E-state index in [1.807, 2.05) is 6.92 Å². The average Bonchev–Trinajstić information content (AvgIpc) is 3.24. The Kier molecular flexibility index (Phi) is 5.42. The fraction of sp³-hybridized carbons (Fsp3) is 0.130. The van der Waals surface area contributed by atoms with E-state index in [1.54, 1.807) is 36.4 Å². The molecule has 1 unspecified atom stereocenters. The quantitative estimate of drug-likeness (QED) is 0.626. The summed E-state index contributed by atoms with van der Waals surface area (Å²) in [6.45, 7) is 1.81. The number of carbonyl (C=O) groups excluding carboxylic acids is 2. The van der Waals surface area contributed by atoms with Crippen molar-refractivity contribution >= 4 is 34.7 Å². The lowest BCUT2D eigenvalue weighted by Gasteiger charge is -2.33. The summed E-state index contributed by atoms with van der Waals surface area (Å²) in [5, 5.41) is 6.15. The molecule has 0 bridgehead atoms. The maximum absolute atomic E-state index is 14.0. The van der Waals surface area contributed by atoms with Gasteiger partial charge in [0.15, 0.2) is 0 Å². The molecule has 0 saturated heterocycles. The van der Waals surface area contributed by atoms with Crippen molar-refractivity contribution in [3.8, 4) is 0 Å². The predicted octanol–water partition coefficient (Wildman–Crippen LogP) is 4.89. The minimum Gasteiger partial charge on any atom is -0.472 e. The highest BCUT2D eigenvalue weighted by molar-refractivity contribution is 6.30. The molecule has 152 valence electrons. The first kappa shape index (κ1) is 19.9. The molecule has 2 aromatic carbocycles. The van der Waals surface area contributed by atoms with Gasteiger partial charge in [-0.25, -0.2) is 4.39 Å². The van der Waals surface area contributed by atoms with Crippen molar-refractivity contribution in [2.75, 3.05) is 5.32 Å². The molecule has 5 nitrogen and oxygen atoms in total.